The molecular formula is C36H52BN7O6. The molecule has 0 spiro atoms. The fraction of sp³-hybridized carbons (Fsp3) is 0.556. The average Bonchev–Trinajstić information content (AvgIpc) is 3.78. The van der Waals surface area contributed by atoms with Gasteiger partial charge in [0.2, 0.25) is 11.8 Å². The van der Waals surface area contributed by atoms with Gasteiger partial charge in [-0.25, -0.2) is 9.59 Å². The molecule has 3 aliphatic rings. The fourth-order valence-corrected chi connectivity index (χ4v) is 7.14. The van der Waals surface area contributed by atoms with Crippen LogP contribution in [0.25, 0.3) is 0 Å². The van der Waals surface area contributed by atoms with Crippen molar-refractivity contribution in [2.45, 2.75) is 115 Å². The molecule has 3 fully saturated rings. The minimum absolute atomic E-state index is 0.0892. The highest BCUT2D eigenvalue weighted by Crippen LogP contribution is 2.44. The Balaban J connectivity index is 1.20. The molecule has 6 N–H and O–H groups in total. The Morgan fingerprint density at radius 1 is 0.680 bits per heavy atom. The number of carbonyl (C=O) groups is 4. The van der Waals surface area contributed by atoms with Crippen molar-refractivity contribution in [2.75, 3.05) is 35.2 Å². The van der Waals surface area contributed by atoms with Crippen LogP contribution in [0.5, 0.6) is 0 Å². The maximum atomic E-state index is 13.2. The summed E-state index contributed by atoms with van der Waals surface area (Å²) in [4.78, 5) is 57.1. The smallest absolute Gasteiger partial charge is 0.410 e. The van der Waals surface area contributed by atoms with Gasteiger partial charge in [-0.2, -0.15) is 0 Å². The van der Waals surface area contributed by atoms with Gasteiger partial charge in [0.1, 0.15) is 23.3 Å². The standard InChI is InChI=1S/C36H52BN7O6/c1-35(2,3)49-33(47)42-17-7-9-29(42)31(45)40-25-13-11-21(19-23(25)38)27-15-16-28(44(27)37)22-12-14-26(24(39)20-22)41-32(46)30-10-8-18-43(30)34(48)50-36(4,5)6/h11-14,19-20,27-30H,7-10,15-18,37-39H2,1-6H3,(H,40,45)(H,41,46). The van der Waals surface area contributed by atoms with Crippen LogP contribution in [0.15, 0.2) is 36.4 Å². The van der Waals surface area contributed by atoms with Crippen LogP contribution in [0, 0.1) is 0 Å². The summed E-state index contributed by atoms with van der Waals surface area (Å²) < 4.78 is 11.0. The van der Waals surface area contributed by atoms with Crippen molar-refractivity contribution in [2.24, 2.45) is 0 Å². The zero-order valence-electron chi connectivity index (χ0n) is 30.4. The van der Waals surface area contributed by atoms with Crippen molar-refractivity contribution in [3.63, 3.8) is 0 Å². The molecule has 2 aromatic carbocycles. The molecule has 14 heteroatoms. The third kappa shape index (κ3) is 8.46. The zero-order chi connectivity index (χ0) is 36.5. The summed E-state index contributed by atoms with van der Waals surface area (Å²) in [5, 5.41) is 5.85. The van der Waals surface area contributed by atoms with Gasteiger partial charge in [0.05, 0.1) is 22.7 Å². The molecule has 4 amide bonds. The molecule has 3 aliphatic heterocycles. The number of ether oxygens (including phenoxy) is 2. The predicted octanol–water partition coefficient (Wildman–Crippen LogP) is 4.95. The Hall–Kier alpha value is -4.46. The SMILES string of the molecule is BN1C(c2ccc(NC(=O)C3CCCN3C(=O)OC(C)(C)C)c(N)c2)CCC1c1ccc(NC(=O)C2CCCN2C(=O)OC(C)(C)C)c(N)c1. The lowest BCUT2D eigenvalue weighted by Gasteiger charge is -2.29. The molecule has 50 heavy (non-hydrogen) atoms. The summed E-state index contributed by atoms with van der Waals surface area (Å²) in [6, 6.07) is 10.3. The van der Waals surface area contributed by atoms with Crippen LogP contribution in [0.1, 0.15) is 103 Å². The maximum Gasteiger partial charge on any atom is 0.410 e. The first kappa shape index (κ1) is 36.8. The van der Waals surface area contributed by atoms with E-state index in [2.05, 4.69) is 23.4 Å². The highest BCUT2D eigenvalue weighted by Gasteiger charge is 2.39. The summed E-state index contributed by atoms with van der Waals surface area (Å²) in [7, 11) is 2.07. The molecule has 3 heterocycles. The number of carbonyl (C=O) groups excluding carboxylic acids is 4. The molecule has 270 valence electrons. The fourth-order valence-electron chi connectivity index (χ4n) is 7.14. The number of nitrogens with one attached hydrogen (secondary N) is 2. The third-order valence-corrected chi connectivity index (χ3v) is 9.50. The molecule has 4 unspecified atom stereocenters. The third-order valence-electron chi connectivity index (χ3n) is 9.50. The van der Waals surface area contributed by atoms with E-state index < -0.39 is 35.5 Å². The lowest BCUT2D eigenvalue weighted by molar-refractivity contribution is -0.121. The molecule has 0 bridgehead atoms. The Labute approximate surface area is 295 Å². The Kier molecular flexibility index (Phi) is 10.6. The van der Waals surface area contributed by atoms with Crippen molar-refractivity contribution < 1.29 is 28.7 Å². The number of amides is 4. The lowest BCUT2D eigenvalue weighted by Crippen LogP contribution is -2.45. The second-order valence-corrected chi connectivity index (χ2v) is 15.6. The quantitative estimate of drug-likeness (QED) is 0.242. The van der Waals surface area contributed by atoms with E-state index in [1.165, 1.54) is 9.80 Å². The van der Waals surface area contributed by atoms with Crippen molar-refractivity contribution >= 4 is 54.7 Å². The summed E-state index contributed by atoms with van der Waals surface area (Å²) >= 11 is 0. The van der Waals surface area contributed by atoms with E-state index in [1.54, 1.807) is 41.5 Å². The van der Waals surface area contributed by atoms with E-state index >= 15 is 0 Å². The summed E-state index contributed by atoms with van der Waals surface area (Å²) in [6.07, 6.45) is 3.35. The molecule has 0 aliphatic carbocycles. The van der Waals surface area contributed by atoms with Crippen LogP contribution in [-0.4, -0.2) is 83.0 Å². The number of nitrogens with zero attached hydrogens (tertiary/aromatic N) is 3. The molecular weight excluding hydrogens is 637 g/mol. The second-order valence-electron chi connectivity index (χ2n) is 15.6. The average molecular weight is 690 g/mol. The van der Waals surface area contributed by atoms with Crippen LogP contribution < -0.4 is 22.1 Å². The first-order chi connectivity index (χ1) is 23.4. The first-order valence-corrected chi connectivity index (χ1v) is 17.5. The normalized spacial score (nSPS) is 22.8. The van der Waals surface area contributed by atoms with Gasteiger partial charge in [-0.1, -0.05) is 12.1 Å². The summed E-state index contributed by atoms with van der Waals surface area (Å²) in [5.41, 5.74) is 15.6. The number of nitrogen functional groups attached to an aromatic ring is 2. The van der Waals surface area contributed by atoms with Gasteiger partial charge in [0.25, 0.3) is 0 Å². The van der Waals surface area contributed by atoms with Gasteiger partial charge in [0.15, 0.2) is 7.98 Å². The molecule has 0 saturated carbocycles. The molecule has 0 radical (unpaired) electrons. The van der Waals surface area contributed by atoms with E-state index in [1.807, 2.05) is 36.4 Å². The monoisotopic (exact) mass is 689 g/mol. The van der Waals surface area contributed by atoms with Gasteiger partial charge >= 0.3 is 12.2 Å². The largest absolute Gasteiger partial charge is 0.444 e. The maximum absolute atomic E-state index is 13.2. The topological polar surface area (TPSA) is 173 Å². The second kappa shape index (κ2) is 14.4. The molecule has 5 rings (SSSR count). The molecule has 2 aromatic rings. The Bertz CT molecular complexity index is 1510. The molecule has 0 aromatic heterocycles. The minimum atomic E-state index is -0.648. The lowest BCUT2D eigenvalue weighted by atomic mass is 10.0. The number of nitrogens with two attached hydrogens (primary N) is 2. The summed E-state index contributed by atoms with van der Waals surface area (Å²) in [6.45, 7) is 11.7. The van der Waals surface area contributed by atoms with Crippen LogP contribution in [0.3, 0.4) is 0 Å². The highest BCUT2D eigenvalue weighted by molar-refractivity contribution is 6.05. The van der Waals surface area contributed by atoms with Crippen LogP contribution in [-0.2, 0) is 19.1 Å². The van der Waals surface area contributed by atoms with Gasteiger partial charge in [-0.3, -0.25) is 19.4 Å². The van der Waals surface area contributed by atoms with E-state index in [0.717, 1.165) is 36.8 Å². The zero-order valence-corrected chi connectivity index (χ0v) is 30.4. The number of anilines is 4. The van der Waals surface area contributed by atoms with Crippen molar-refractivity contribution in [1.82, 2.24) is 14.6 Å². The van der Waals surface area contributed by atoms with Crippen molar-refractivity contribution in [3.05, 3.63) is 47.5 Å². The Morgan fingerprint density at radius 3 is 1.40 bits per heavy atom. The van der Waals surface area contributed by atoms with Crippen molar-refractivity contribution in [3.8, 4) is 0 Å². The molecule has 13 nitrogen and oxygen atoms in total. The number of hydrogen-bond donors (Lipinski definition) is 4. The van der Waals surface area contributed by atoms with E-state index in [0.29, 0.717) is 48.7 Å². The van der Waals surface area contributed by atoms with Gasteiger partial charge < -0.3 is 36.4 Å². The predicted molar refractivity (Wildman–Crippen MR) is 196 cm³/mol. The number of likely N-dealkylation sites (tertiary alicyclic amines) is 2. The minimum Gasteiger partial charge on any atom is -0.444 e. The van der Waals surface area contributed by atoms with E-state index in [4.69, 9.17) is 20.9 Å². The van der Waals surface area contributed by atoms with E-state index in [-0.39, 0.29) is 23.9 Å². The van der Waals surface area contributed by atoms with Gasteiger partial charge in [-0.05, 0) is 115 Å². The van der Waals surface area contributed by atoms with Crippen LogP contribution in [0.4, 0.5) is 32.3 Å². The first-order valence-electron chi connectivity index (χ1n) is 17.5. The number of hydrogen-bond acceptors (Lipinski definition) is 9. The Morgan fingerprint density at radius 2 is 1.06 bits per heavy atom. The summed E-state index contributed by atoms with van der Waals surface area (Å²) in [5.74, 6) is -0.571. The van der Waals surface area contributed by atoms with Crippen molar-refractivity contribution in [1.29, 1.82) is 0 Å². The van der Waals surface area contributed by atoms with Crippen LogP contribution in [0.2, 0.25) is 0 Å². The molecule has 4 atom stereocenters. The molecule has 3 saturated heterocycles. The number of rotatable bonds is 6. The van der Waals surface area contributed by atoms with E-state index in [9.17, 15) is 19.2 Å². The highest BCUT2D eigenvalue weighted by atomic mass is 16.6. The van der Waals surface area contributed by atoms with Gasteiger partial charge in [-0.15, -0.1) is 0 Å². The van der Waals surface area contributed by atoms with Crippen LogP contribution >= 0.6 is 0 Å². The van der Waals surface area contributed by atoms with Gasteiger partial charge in [0, 0.05) is 25.2 Å². The number of benzene rings is 2.